The second kappa shape index (κ2) is 6.68. The number of furan rings is 1. The number of aliphatic hydroxyl groups is 1. The summed E-state index contributed by atoms with van der Waals surface area (Å²) >= 11 is 0. The van der Waals surface area contributed by atoms with Gasteiger partial charge in [0.2, 0.25) is 0 Å². The van der Waals surface area contributed by atoms with Gasteiger partial charge in [-0.25, -0.2) is 0 Å². The molecule has 0 radical (unpaired) electrons. The highest BCUT2D eigenvalue weighted by Crippen LogP contribution is 2.42. The summed E-state index contributed by atoms with van der Waals surface area (Å²) in [6, 6.07) is 13.4. The molecule has 4 aromatic rings. The van der Waals surface area contributed by atoms with Gasteiger partial charge in [0.15, 0.2) is 0 Å². The molecule has 154 valence electrons. The van der Waals surface area contributed by atoms with Crippen LogP contribution in [-0.4, -0.2) is 27.9 Å². The van der Waals surface area contributed by atoms with Crippen molar-refractivity contribution >= 4 is 39.4 Å². The lowest BCUT2D eigenvalue weighted by molar-refractivity contribution is -0.122. The number of amides is 2. The summed E-state index contributed by atoms with van der Waals surface area (Å²) in [5.41, 5.74) is 5.90. The van der Waals surface area contributed by atoms with Gasteiger partial charge in [0, 0.05) is 35.0 Å². The lowest BCUT2D eigenvalue weighted by atomic mass is 9.83. The molecule has 1 atom stereocenters. The first-order chi connectivity index (χ1) is 15.2. The summed E-state index contributed by atoms with van der Waals surface area (Å²) in [6.07, 6.45) is 5.94. The molecule has 1 aliphatic carbocycles. The van der Waals surface area contributed by atoms with E-state index in [0.717, 1.165) is 40.6 Å². The van der Waals surface area contributed by atoms with Crippen LogP contribution < -0.4 is 5.32 Å². The third-order valence-corrected chi connectivity index (χ3v) is 6.53. The Morgan fingerprint density at radius 1 is 1.06 bits per heavy atom. The Bertz CT molecular complexity index is 1420. The Kier molecular flexibility index (Phi) is 3.91. The fraction of sp³-hybridized carbons (Fsp3) is 0.200. The zero-order valence-electron chi connectivity index (χ0n) is 16.7. The van der Waals surface area contributed by atoms with E-state index in [4.69, 9.17) is 4.42 Å². The number of para-hydroxylation sites is 1. The van der Waals surface area contributed by atoms with Crippen molar-refractivity contribution in [2.45, 2.75) is 19.3 Å². The van der Waals surface area contributed by atoms with Crippen LogP contribution in [0, 0.1) is 5.92 Å². The minimum atomic E-state index is -0.412. The van der Waals surface area contributed by atoms with Gasteiger partial charge >= 0.3 is 0 Å². The van der Waals surface area contributed by atoms with E-state index in [2.05, 4.69) is 9.72 Å². The second-order valence-corrected chi connectivity index (χ2v) is 8.23. The molecule has 1 unspecified atom stereocenters. The zero-order valence-corrected chi connectivity index (χ0v) is 16.7. The molecule has 0 bridgehead atoms. The number of fused-ring (bicyclic) bond motifs is 4. The topological polar surface area (TPSA) is 84.0 Å². The van der Waals surface area contributed by atoms with Crippen LogP contribution in [0.1, 0.15) is 28.8 Å². The summed E-state index contributed by atoms with van der Waals surface area (Å²) in [4.78, 5) is 26.1. The van der Waals surface area contributed by atoms with Crippen LogP contribution in [0.2, 0.25) is 0 Å². The number of nitrogens with zero attached hydrogens (tertiary/aromatic N) is 1. The largest absolute Gasteiger partial charge is 0.464 e. The number of hydrogen-bond donors (Lipinski definition) is 2. The molecule has 2 aliphatic rings. The molecule has 0 spiro atoms. The number of pyridine rings is 1. The van der Waals surface area contributed by atoms with Gasteiger partial charge in [0.25, 0.3) is 11.8 Å². The van der Waals surface area contributed by atoms with Crippen LogP contribution in [-0.2, 0) is 22.4 Å². The Balaban J connectivity index is 1.70. The summed E-state index contributed by atoms with van der Waals surface area (Å²) < 4.78 is 7.80. The molecule has 6 heteroatoms. The Hall–Kier alpha value is -3.64. The van der Waals surface area contributed by atoms with Gasteiger partial charge in [-0.15, -0.1) is 0 Å². The van der Waals surface area contributed by atoms with E-state index in [1.807, 2.05) is 48.7 Å². The maximum atomic E-state index is 13.1. The lowest BCUT2D eigenvalue weighted by Crippen LogP contribution is -2.23. The van der Waals surface area contributed by atoms with Gasteiger partial charge in [-0.1, -0.05) is 24.3 Å². The van der Waals surface area contributed by atoms with Crippen LogP contribution in [0.5, 0.6) is 0 Å². The molecule has 0 saturated heterocycles. The predicted molar refractivity (Wildman–Crippen MR) is 116 cm³/mol. The van der Waals surface area contributed by atoms with Crippen LogP contribution in [0.15, 0.2) is 59.3 Å². The highest BCUT2D eigenvalue weighted by Gasteiger charge is 2.38. The maximum absolute atomic E-state index is 13.1. The molecule has 3 aromatic heterocycles. The second-order valence-electron chi connectivity index (χ2n) is 8.23. The Morgan fingerprint density at radius 3 is 2.74 bits per heavy atom. The van der Waals surface area contributed by atoms with Crippen molar-refractivity contribution in [2.75, 3.05) is 6.61 Å². The number of aromatic nitrogens is 1. The third-order valence-electron chi connectivity index (χ3n) is 6.53. The van der Waals surface area contributed by atoms with E-state index < -0.39 is 11.8 Å². The maximum Gasteiger partial charge on any atom is 0.259 e. The number of benzene rings is 1. The molecule has 1 aliphatic heterocycles. The molecule has 31 heavy (non-hydrogen) atoms. The molecule has 6 nitrogen and oxygen atoms in total. The molecule has 0 saturated carbocycles. The molecular formula is C25H20N2O4. The fourth-order valence-corrected chi connectivity index (χ4v) is 5.11. The Labute approximate surface area is 177 Å². The third kappa shape index (κ3) is 2.55. The van der Waals surface area contributed by atoms with Crippen molar-refractivity contribution in [3.63, 3.8) is 0 Å². The first-order valence-electron chi connectivity index (χ1n) is 10.5. The average molecular weight is 412 g/mol. The Morgan fingerprint density at radius 2 is 1.87 bits per heavy atom. The van der Waals surface area contributed by atoms with E-state index in [-0.39, 0.29) is 12.5 Å². The van der Waals surface area contributed by atoms with Gasteiger partial charge in [0.1, 0.15) is 5.58 Å². The summed E-state index contributed by atoms with van der Waals surface area (Å²) in [5, 5.41) is 13.1. The van der Waals surface area contributed by atoms with Gasteiger partial charge in [-0.05, 0) is 48.9 Å². The normalized spacial score (nSPS) is 18.8. The molecule has 4 heterocycles. The van der Waals surface area contributed by atoms with Crippen molar-refractivity contribution in [1.29, 1.82) is 0 Å². The van der Waals surface area contributed by atoms with Crippen molar-refractivity contribution in [3.05, 3.63) is 77.3 Å². The smallest absolute Gasteiger partial charge is 0.259 e. The SMILES string of the molecule is O=C1NC(=O)C(c2c3c(n4ccccc24)CCC(CO)C3)=C1c1coc2ccccc12. The quantitative estimate of drug-likeness (QED) is 0.506. The van der Waals surface area contributed by atoms with Crippen molar-refractivity contribution < 1.29 is 19.1 Å². The summed E-state index contributed by atoms with van der Waals surface area (Å²) in [7, 11) is 0. The average Bonchev–Trinajstić information content (AvgIpc) is 3.44. The molecule has 2 N–H and O–H groups in total. The summed E-state index contributed by atoms with van der Waals surface area (Å²) in [6.45, 7) is 0.106. The van der Waals surface area contributed by atoms with Gasteiger partial charge < -0.3 is 13.9 Å². The van der Waals surface area contributed by atoms with E-state index >= 15 is 0 Å². The number of carbonyl (C=O) groups is 2. The zero-order chi connectivity index (χ0) is 21.1. The van der Waals surface area contributed by atoms with E-state index in [0.29, 0.717) is 28.7 Å². The fourth-order valence-electron chi connectivity index (χ4n) is 5.11. The number of aryl methyl sites for hydroxylation is 1. The number of hydrogen-bond acceptors (Lipinski definition) is 4. The monoisotopic (exact) mass is 412 g/mol. The first kappa shape index (κ1) is 18.2. The molecule has 1 aromatic carbocycles. The van der Waals surface area contributed by atoms with Crippen LogP contribution in [0.3, 0.4) is 0 Å². The van der Waals surface area contributed by atoms with Crippen LogP contribution in [0.25, 0.3) is 27.6 Å². The number of nitrogens with one attached hydrogen (secondary N) is 1. The number of rotatable bonds is 3. The molecule has 2 amide bonds. The highest BCUT2D eigenvalue weighted by molar-refractivity contribution is 6.50. The molecular weight excluding hydrogens is 392 g/mol. The van der Waals surface area contributed by atoms with Crippen LogP contribution >= 0.6 is 0 Å². The van der Waals surface area contributed by atoms with E-state index in [1.54, 1.807) is 6.26 Å². The number of aliphatic hydroxyl groups excluding tert-OH is 1. The molecule has 6 rings (SSSR count). The number of carbonyl (C=O) groups excluding carboxylic acids is 2. The first-order valence-corrected chi connectivity index (χ1v) is 10.5. The lowest BCUT2D eigenvalue weighted by Gasteiger charge is -2.21. The van der Waals surface area contributed by atoms with Crippen molar-refractivity contribution in [3.8, 4) is 0 Å². The highest BCUT2D eigenvalue weighted by atomic mass is 16.3. The summed E-state index contributed by atoms with van der Waals surface area (Å²) in [5.74, 6) is -0.664. The molecule has 0 fully saturated rings. The van der Waals surface area contributed by atoms with Crippen molar-refractivity contribution in [2.24, 2.45) is 5.92 Å². The van der Waals surface area contributed by atoms with E-state index in [9.17, 15) is 14.7 Å². The minimum Gasteiger partial charge on any atom is -0.464 e. The van der Waals surface area contributed by atoms with Gasteiger partial charge in [0.05, 0.1) is 22.9 Å². The number of imide groups is 1. The van der Waals surface area contributed by atoms with Crippen molar-refractivity contribution in [1.82, 2.24) is 9.72 Å². The predicted octanol–water partition coefficient (Wildman–Crippen LogP) is 3.35. The standard InChI is InChI=1S/C25H20N2O4/c28-12-14-8-9-18-16(11-14)21(19-6-3-4-10-27(18)19)23-22(24(29)26-25(23)30)17-13-31-20-7-2-1-5-15(17)20/h1-7,10,13-14,28H,8-9,11-12H2,(H,26,29,30). The van der Waals surface area contributed by atoms with Gasteiger partial charge in [-0.3, -0.25) is 14.9 Å². The van der Waals surface area contributed by atoms with Gasteiger partial charge in [-0.2, -0.15) is 0 Å². The minimum absolute atomic E-state index is 0.106. The van der Waals surface area contributed by atoms with Crippen LogP contribution in [0.4, 0.5) is 0 Å². The van der Waals surface area contributed by atoms with E-state index in [1.165, 1.54) is 0 Å².